The van der Waals surface area contributed by atoms with Crippen LogP contribution < -0.4 is 5.32 Å². The van der Waals surface area contributed by atoms with Crippen molar-refractivity contribution in [2.24, 2.45) is 0 Å². The Labute approximate surface area is 196 Å². The van der Waals surface area contributed by atoms with E-state index in [2.05, 4.69) is 5.32 Å². The first-order valence-electron chi connectivity index (χ1n) is 9.66. The van der Waals surface area contributed by atoms with E-state index in [1.54, 1.807) is 18.2 Å². The zero-order valence-electron chi connectivity index (χ0n) is 17.4. The second-order valence-electron chi connectivity index (χ2n) is 7.14. The molecule has 0 aliphatic carbocycles. The van der Waals surface area contributed by atoms with Gasteiger partial charge in [0.2, 0.25) is 6.10 Å². The zero-order valence-corrected chi connectivity index (χ0v) is 18.2. The molecule has 34 heavy (non-hydrogen) atoms. The first kappa shape index (κ1) is 24.7. The number of esters is 1. The normalized spacial score (nSPS) is 12.0. The van der Waals surface area contributed by atoms with E-state index in [4.69, 9.17) is 16.3 Å². The van der Waals surface area contributed by atoms with Crippen molar-refractivity contribution in [2.45, 2.75) is 19.2 Å². The summed E-state index contributed by atoms with van der Waals surface area (Å²) in [6.45, 7) is 1.44. The van der Waals surface area contributed by atoms with Crippen LogP contribution in [0.5, 0.6) is 0 Å². The van der Waals surface area contributed by atoms with Gasteiger partial charge in [-0.2, -0.15) is 13.2 Å². The summed E-state index contributed by atoms with van der Waals surface area (Å²) in [5.41, 5.74) is -1.14. The molecule has 1 unspecified atom stereocenters. The maximum absolute atomic E-state index is 13.1. The van der Waals surface area contributed by atoms with Crippen molar-refractivity contribution in [2.75, 3.05) is 5.32 Å². The lowest BCUT2D eigenvalue weighted by Crippen LogP contribution is -2.26. The van der Waals surface area contributed by atoms with Gasteiger partial charge in [-0.05, 0) is 37.3 Å². The van der Waals surface area contributed by atoms with Crippen LogP contribution in [0, 0.1) is 17.0 Å². The molecule has 0 bridgehead atoms. The largest absolute Gasteiger partial charge is 0.444 e. The highest BCUT2D eigenvalue weighted by Crippen LogP contribution is 2.34. The van der Waals surface area contributed by atoms with Crippen LogP contribution in [0.2, 0.25) is 5.02 Å². The number of carbonyl (C=O) groups excluding carboxylic acids is 2. The zero-order chi connectivity index (χ0) is 25.0. The average molecular weight is 493 g/mol. The first-order chi connectivity index (χ1) is 16.0. The number of amides is 1. The number of nitro groups is 1. The number of nitro benzene ring substituents is 1. The van der Waals surface area contributed by atoms with Gasteiger partial charge in [0.15, 0.2) is 0 Å². The van der Waals surface area contributed by atoms with Gasteiger partial charge in [0.05, 0.1) is 26.8 Å². The van der Waals surface area contributed by atoms with Gasteiger partial charge in [-0.15, -0.1) is 0 Å². The number of alkyl halides is 3. The van der Waals surface area contributed by atoms with Gasteiger partial charge in [-0.3, -0.25) is 14.9 Å². The van der Waals surface area contributed by atoms with E-state index in [-0.39, 0.29) is 33.1 Å². The molecule has 0 spiro atoms. The van der Waals surface area contributed by atoms with Crippen LogP contribution in [0.25, 0.3) is 0 Å². The predicted molar refractivity (Wildman–Crippen MR) is 118 cm³/mol. The number of nitrogens with one attached hydrogen (secondary N) is 1. The summed E-state index contributed by atoms with van der Waals surface area (Å²) in [6, 6.07) is 13.8. The van der Waals surface area contributed by atoms with Gasteiger partial charge < -0.3 is 10.1 Å². The number of carbonyl (C=O) groups is 2. The van der Waals surface area contributed by atoms with Crippen LogP contribution in [-0.4, -0.2) is 16.8 Å². The molecule has 1 amide bonds. The van der Waals surface area contributed by atoms with Gasteiger partial charge in [0, 0.05) is 17.2 Å². The highest BCUT2D eigenvalue weighted by atomic mass is 35.5. The van der Waals surface area contributed by atoms with E-state index < -0.39 is 34.6 Å². The quantitative estimate of drug-likeness (QED) is 0.254. The fourth-order valence-corrected chi connectivity index (χ4v) is 3.22. The molecule has 0 heterocycles. The van der Waals surface area contributed by atoms with Crippen molar-refractivity contribution in [3.8, 4) is 0 Å². The first-order valence-corrected chi connectivity index (χ1v) is 10.0. The monoisotopic (exact) mass is 492 g/mol. The number of hydrogen-bond acceptors (Lipinski definition) is 5. The van der Waals surface area contributed by atoms with Crippen LogP contribution in [0.1, 0.15) is 33.2 Å². The summed E-state index contributed by atoms with van der Waals surface area (Å²) in [4.78, 5) is 36.1. The smallest absolute Gasteiger partial charge is 0.416 e. The molecular formula is C23H16ClF3N2O5. The molecule has 3 rings (SSSR count). The van der Waals surface area contributed by atoms with Crippen LogP contribution in [0.3, 0.4) is 0 Å². The fourth-order valence-electron chi connectivity index (χ4n) is 3.06. The Morgan fingerprint density at radius 2 is 1.74 bits per heavy atom. The predicted octanol–water partition coefficient (Wildman–Crippen LogP) is 6.11. The number of benzene rings is 3. The topological polar surface area (TPSA) is 98.5 Å². The fraction of sp³-hybridized carbons (Fsp3) is 0.130. The lowest BCUT2D eigenvalue weighted by atomic mass is 10.1. The van der Waals surface area contributed by atoms with Crippen LogP contribution in [0.15, 0.2) is 66.7 Å². The van der Waals surface area contributed by atoms with Gasteiger partial charge >= 0.3 is 12.1 Å². The van der Waals surface area contributed by atoms with Gasteiger partial charge in [0.25, 0.3) is 11.6 Å². The minimum atomic E-state index is -4.66. The van der Waals surface area contributed by atoms with E-state index in [1.165, 1.54) is 31.2 Å². The maximum atomic E-state index is 13.1. The summed E-state index contributed by atoms with van der Waals surface area (Å²) in [7, 11) is 0. The number of anilines is 1. The highest BCUT2D eigenvalue weighted by Gasteiger charge is 2.32. The number of ether oxygens (including phenoxy) is 1. The van der Waals surface area contributed by atoms with Gasteiger partial charge in [0.1, 0.15) is 0 Å². The second-order valence-corrected chi connectivity index (χ2v) is 7.54. The van der Waals surface area contributed by atoms with Crippen LogP contribution >= 0.6 is 11.6 Å². The molecule has 0 aromatic heterocycles. The Morgan fingerprint density at radius 3 is 2.32 bits per heavy atom. The number of rotatable bonds is 6. The Kier molecular flexibility index (Phi) is 7.21. The van der Waals surface area contributed by atoms with Crippen molar-refractivity contribution in [3.63, 3.8) is 0 Å². The lowest BCUT2D eigenvalue weighted by Gasteiger charge is -2.19. The Morgan fingerprint density at radius 1 is 1.06 bits per heavy atom. The third-order valence-electron chi connectivity index (χ3n) is 4.75. The Bertz CT molecular complexity index is 1250. The molecule has 3 aromatic rings. The second kappa shape index (κ2) is 9.92. The summed E-state index contributed by atoms with van der Waals surface area (Å²) < 4.78 is 44.6. The molecule has 0 aliphatic heterocycles. The molecule has 7 nitrogen and oxygen atoms in total. The summed E-state index contributed by atoms with van der Waals surface area (Å²) in [6.07, 6.45) is -6.21. The Hall–Kier alpha value is -3.92. The van der Waals surface area contributed by atoms with Gasteiger partial charge in [-0.1, -0.05) is 41.9 Å². The minimum absolute atomic E-state index is 0.0473. The number of aryl methyl sites for hydroxylation is 1. The molecular weight excluding hydrogens is 477 g/mol. The van der Waals surface area contributed by atoms with Crippen molar-refractivity contribution >= 4 is 34.9 Å². The number of hydrogen-bond donors (Lipinski definition) is 1. The van der Waals surface area contributed by atoms with Crippen LogP contribution in [-0.2, 0) is 15.7 Å². The molecule has 0 fully saturated rings. The standard InChI is InChI=1S/C23H16ClF3N2O5/c1-13-11-15(7-10-19(13)29(32)33)22(31)34-20(14-5-3-2-4-6-14)21(30)28-18-12-16(23(25,26)27)8-9-17(18)24/h2-12,20H,1H3,(H,28,30). The van der Waals surface area contributed by atoms with E-state index in [0.29, 0.717) is 6.07 Å². The lowest BCUT2D eigenvalue weighted by molar-refractivity contribution is -0.385. The van der Waals surface area contributed by atoms with Crippen molar-refractivity contribution in [3.05, 3.63) is 104 Å². The average Bonchev–Trinajstić information content (AvgIpc) is 2.78. The molecule has 0 saturated carbocycles. The van der Waals surface area contributed by atoms with E-state index in [1.807, 2.05) is 0 Å². The van der Waals surface area contributed by atoms with E-state index >= 15 is 0 Å². The molecule has 0 aliphatic rings. The molecule has 0 radical (unpaired) electrons. The molecule has 1 N–H and O–H groups in total. The summed E-state index contributed by atoms with van der Waals surface area (Å²) in [5.74, 6) is -1.91. The maximum Gasteiger partial charge on any atom is 0.416 e. The molecule has 3 aromatic carbocycles. The third-order valence-corrected chi connectivity index (χ3v) is 5.08. The van der Waals surface area contributed by atoms with Gasteiger partial charge in [-0.25, -0.2) is 4.79 Å². The molecule has 1 atom stereocenters. The SMILES string of the molecule is Cc1cc(C(=O)OC(C(=O)Nc2cc(C(F)(F)F)ccc2Cl)c2ccccc2)ccc1[N+](=O)[O-]. The molecule has 176 valence electrons. The molecule has 11 heteroatoms. The van der Waals surface area contributed by atoms with Crippen molar-refractivity contribution < 1.29 is 32.4 Å². The molecule has 0 saturated heterocycles. The highest BCUT2D eigenvalue weighted by molar-refractivity contribution is 6.33. The van der Waals surface area contributed by atoms with Crippen molar-refractivity contribution in [1.82, 2.24) is 0 Å². The summed E-state index contributed by atoms with van der Waals surface area (Å²) >= 11 is 5.96. The Balaban J connectivity index is 1.91. The third kappa shape index (κ3) is 5.70. The van der Waals surface area contributed by atoms with E-state index in [0.717, 1.165) is 18.2 Å². The number of halogens is 4. The van der Waals surface area contributed by atoms with Crippen LogP contribution in [0.4, 0.5) is 24.5 Å². The minimum Gasteiger partial charge on any atom is -0.444 e. The van der Waals surface area contributed by atoms with Crippen molar-refractivity contribution in [1.29, 1.82) is 0 Å². The number of nitrogens with zero attached hydrogens (tertiary/aromatic N) is 1. The summed E-state index contributed by atoms with van der Waals surface area (Å²) in [5, 5.41) is 13.1. The van der Waals surface area contributed by atoms with E-state index in [9.17, 15) is 32.9 Å².